The Hall–Kier alpha value is -1.32. The van der Waals surface area contributed by atoms with Crippen molar-refractivity contribution in [1.82, 2.24) is 0 Å². The van der Waals surface area contributed by atoms with E-state index < -0.39 is 0 Å². The van der Waals surface area contributed by atoms with Crippen LogP contribution in [0.1, 0.15) is 23.7 Å². The first-order valence-electron chi connectivity index (χ1n) is 5.87. The number of halogens is 2. The van der Waals surface area contributed by atoms with E-state index in [1.807, 2.05) is 25.1 Å². The Bertz CT molecular complexity index is 611. The summed E-state index contributed by atoms with van der Waals surface area (Å²) < 4.78 is 6.63. The van der Waals surface area contributed by atoms with E-state index in [0.29, 0.717) is 28.5 Å². The molecule has 2 nitrogen and oxygen atoms in total. The van der Waals surface area contributed by atoms with Crippen LogP contribution in [0.4, 0.5) is 0 Å². The van der Waals surface area contributed by atoms with Gasteiger partial charge in [-0.1, -0.05) is 46.6 Å². The monoisotopic (exact) mass is 338 g/mol. The second-order valence-electron chi connectivity index (χ2n) is 3.95. The molecule has 0 heterocycles. The van der Waals surface area contributed by atoms with Gasteiger partial charge in [-0.05, 0) is 30.3 Å². The van der Waals surface area contributed by atoms with Gasteiger partial charge < -0.3 is 4.74 Å². The van der Waals surface area contributed by atoms with Crippen molar-refractivity contribution in [2.75, 3.05) is 0 Å². The van der Waals surface area contributed by atoms with Gasteiger partial charge in [-0.3, -0.25) is 4.79 Å². The lowest BCUT2D eigenvalue weighted by molar-refractivity contribution is 0.0986. The molecule has 0 fully saturated rings. The lowest BCUT2D eigenvalue weighted by atomic mass is 10.1. The lowest BCUT2D eigenvalue weighted by Crippen LogP contribution is -2.00. The molecule has 0 aromatic heterocycles. The molecule has 19 heavy (non-hydrogen) atoms. The molecule has 0 radical (unpaired) electrons. The van der Waals surface area contributed by atoms with Crippen LogP contribution in [0.3, 0.4) is 0 Å². The van der Waals surface area contributed by atoms with Gasteiger partial charge in [-0.15, -0.1) is 0 Å². The summed E-state index contributed by atoms with van der Waals surface area (Å²) in [5, 5.41) is 0.502. The summed E-state index contributed by atoms with van der Waals surface area (Å²) >= 11 is 9.45. The maximum atomic E-state index is 11.9. The predicted octanol–water partition coefficient (Wildman–Crippen LogP) is 5.49. The van der Waals surface area contributed by atoms with Gasteiger partial charge in [-0.2, -0.15) is 0 Å². The van der Waals surface area contributed by atoms with Gasteiger partial charge in [0, 0.05) is 10.9 Å². The van der Waals surface area contributed by atoms with Crippen LogP contribution in [0, 0.1) is 0 Å². The molecule has 0 atom stereocenters. The molecule has 2 aromatic carbocycles. The minimum absolute atomic E-state index is 0.0433. The van der Waals surface area contributed by atoms with Crippen molar-refractivity contribution in [2.24, 2.45) is 0 Å². The second-order valence-corrected chi connectivity index (χ2v) is 5.27. The number of hydrogen-bond donors (Lipinski definition) is 0. The van der Waals surface area contributed by atoms with E-state index in [2.05, 4.69) is 15.9 Å². The summed E-state index contributed by atoms with van der Waals surface area (Å²) in [5.41, 5.74) is 0.570. The molecule has 0 amide bonds. The third kappa shape index (κ3) is 3.37. The Balaban J connectivity index is 2.38. The van der Waals surface area contributed by atoms with E-state index in [1.54, 1.807) is 24.3 Å². The van der Waals surface area contributed by atoms with Crippen LogP contribution in [-0.4, -0.2) is 5.78 Å². The van der Waals surface area contributed by atoms with Crippen molar-refractivity contribution < 1.29 is 9.53 Å². The summed E-state index contributed by atoms with van der Waals surface area (Å²) in [6, 6.07) is 12.5. The SMILES string of the molecule is CCC(=O)c1ccccc1Oc1cc(Br)ccc1Cl. The molecule has 0 bridgehead atoms. The van der Waals surface area contributed by atoms with Gasteiger partial charge in [0.2, 0.25) is 0 Å². The number of hydrogen-bond acceptors (Lipinski definition) is 2. The van der Waals surface area contributed by atoms with Gasteiger partial charge >= 0.3 is 0 Å². The first-order chi connectivity index (χ1) is 9.11. The number of rotatable bonds is 4. The number of benzene rings is 2. The molecule has 2 aromatic rings. The number of Topliss-reactive ketones (excluding diaryl/α,β-unsaturated/α-hetero) is 1. The smallest absolute Gasteiger partial charge is 0.166 e. The van der Waals surface area contributed by atoms with E-state index in [0.717, 1.165) is 4.47 Å². The van der Waals surface area contributed by atoms with Crippen molar-refractivity contribution >= 4 is 33.3 Å². The Labute approximate surface area is 125 Å². The summed E-state index contributed by atoms with van der Waals surface area (Å²) in [5.74, 6) is 1.09. The summed E-state index contributed by atoms with van der Waals surface area (Å²) in [6.07, 6.45) is 0.437. The highest BCUT2D eigenvalue weighted by Crippen LogP contribution is 2.33. The molecular weight excluding hydrogens is 328 g/mol. The van der Waals surface area contributed by atoms with Gasteiger partial charge in [0.05, 0.1) is 10.6 Å². The Morgan fingerprint density at radius 1 is 1.21 bits per heavy atom. The molecule has 0 aliphatic rings. The minimum Gasteiger partial charge on any atom is -0.455 e. The quantitative estimate of drug-likeness (QED) is 0.689. The van der Waals surface area contributed by atoms with E-state index in [-0.39, 0.29) is 5.78 Å². The largest absolute Gasteiger partial charge is 0.455 e. The molecule has 98 valence electrons. The second kappa shape index (κ2) is 6.22. The minimum atomic E-state index is 0.0433. The molecule has 0 saturated heterocycles. The molecule has 2 rings (SSSR count). The van der Waals surface area contributed by atoms with Gasteiger partial charge in [0.25, 0.3) is 0 Å². The number of ketones is 1. The van der Waals surface area contributed by atoms with Gasteiger partial charge in [0.15, 0.2) is 5.78 Å². The molecule has 0 N–H and O–H groups in total. The van der Waals surface area contributed by atoms with Crippen LogP contribution < -0.4 is 4.74 Å². The summed E-state index contributed by atoms with van der Waals surface area (Å²) in [7, 11) is 0. The first kappa shape index (κ1) is 14.1. The molecule has 0 aliphatic heterocycles. The zero-order valence-electron chi connectivity index (χ0n) is 10.3. The summed E-state index contributed by atoms with van der Waals surface area (Å²) in [4.78, 5) is 11.9. The Morgan fingerprint density at radius 2 is 1.95 bits per heavy atom. The number of carbonyl (C=O) groups excluding carboxylic acids is 1. The van der Waals surface area contributed by atoms with Crippen LogP contribution in [0.5, 0.6) is 11.5 Å². The van der Waals surface area contributed by atoms with Crippen molar-refractivity contribution in [2.45, 2.75) is 13.3 Å². The van der Waals surface area contributed by atoms with Crippen molar-refractivity contribution in [3.8, 4) is 11.5 Å². The van der Waals surface area contributed by atoms with Gasteiger partial charge in [0.1, 0.15) is 11.5 Å². The van der Waals surface area contributed by atoms with Gasteiger partial charge in [-0.25, -0.2) is 0 Å². The van der Waals surface area contributed by atoms with E-state index in [1.165, 1.54) is 0 Å². The van der Waals surface area contributed by atoms with Crippen LogP contribution >= 0.6 is 27.5 Å². The zero-order valence-corrected chi connectivity index (χ0v) is 12.7. The maximum Gasteiger partial charge on any atom is 0.166 e. The van der Waals surface area contributed by atoms with E-state index >= 15 is 0 Å². The highest BCUT2D eigenvalue weighted by molar-refractivity contribution is 9.10. The molecule has 0 unspecified atom stereocenters. The van der Waals surface area contributed by atoms with Crippen LogP contribution in [0.25, 0.3) is 0 Å². The van der Waals surface area contributed by atoms with Crippen molar-refractivity contribution in [3.63, 3.8) is 0 Å². The Morgan fingerprint density at radius 3 is 2.68 bits per heavy atom. The van der Waals surface area contributed by atoms with E-state index in [4.69, 9.17) is 16.3 Å². The topological polar surface area (TPSA) is 26.3 Å². The fourth-order valence-corrected chi connectivity index (χ4v) is 2.15. The Kier molecular flexibility index (Phi) is 4.61. The third-order valence-corrected chi connectivity index (χ3v) is 3.43. The zero-order chi connectivity index (χ0) is 13.8. The lowest BCUT2D eigenvalue weighted by Gasteiger charge is -2.11. The molecule has 4 heteroatoms. The van der Waals surface area contributed by atoms with Crippen LogP contribution in [0.2, 0.25) is 5.02 Å². The highest BCUT2D eigenvalue weighted by atomic mass is 79.9. The fourth-order valence-electron chi connectivity index (χ4n) is 1.65. The third-order valence-electron chi connectivity index (χ3n) is 2.62. The molecule has 0 aliphatic carbocycles. The average Bonchev–Trinajstić information content (AvgIpc) is 2.42. The number of para-hydroxylation sites is 1. The normalized spacial score (nSPS) is 10.3. The van der Waals surface area contributed by atoms with Crippen LogP contribution in [0.15, 0.2) is 46.9 Å². The standard InChI is InChI=1S/C15H12BrClO2/c1-2-13(18)11-5-3-4-6-14(11)19-15-9-10(16)7-8-12(15)17/h3-9H,2H2,1H3. The molecular formula is C15H12BrClO2. The van der Waals surface area contributed by atoms with Crippen LogP contribution in [-0.2, 0) is 0 Å². The van der Waals surface area contributed by atoms with Crippen molar-refractivity contribution in [1.29, 1.82) is 0 Å². The number of ether oxygens (including phenoxy) is 1. The van der Waals surface area contributed by atoms with Crippen molar-refractivity contribution in [3.05, 3.63) is 57.5 Å². The molecule has 0 spiro atoms. The maximum absolute atomic E-state index is 11.9. The predicted molar refractivity (Wildman–Crippen MR) is 80.3 cm³/mol. The average molecular weight is 340 g/mol. The first-order valence-corrected chi connectivity index (χ1v) is 7.04. The highest BCUT2D eigenvalue weighted by Gasteiger charge is 2.12. The summed E-state index contributed by atoms with van der Waals surface area (Å²) in [6.45, 7) is 1.82. The van der Waals surface area contributed by atoms with E-state index in [9.17, 15) is 4.79 Å². The number of carbonyl (C=O) groups is 1. The fraction of sp³-hybridized carbons (Fsp3) is 0.133. The molecule has 0 saturated carbocycles.